The smallest absolute Gasteiger partial charge is 0.337 e. The number of carboxylic acids is 2. The molecule has 0 bridgehead atoms. The molecule has 1 atom stereocenters. The maximum atomic E-state index is 11.8. The molecule has 1 saturated carbocycles. The summed E-state index contributed by atoms with van der Waals surface area (Å²) in [6.45, 7) is 4.15. The molecular weight excluding hydrogens is 392 g/mol. The Morgan fingerprint density at radius 3 is 2.52 bits per heavy atom. The Labute approximate surface area is 173 Å². The number of nitrogens with one attached hydrogen (secondary N) is 2. The number of halogens is 1. The van der Waals surface area contributed by atoms with Crippen molar-refractivity contribution in [2.75, 3.05) is 10.6 Å². The predicted molar refractivity (Wildman–Crippen MR) is 112 cm³/mol. The van der Waals surface area contributed by atoms with E-state index in [1.54, 1.807) is 0 Å². The summed E-state index contributed by atoms with van der Waals surface area (Å²) in [7, 11) is 0. The van der Waals surface area contributed by atoms with Gasteiger partial charge in [0.15, 0.2) is 0 Å². The highest BCUT2D eigenvalue weighted by atomic mass is 35.5. The third-order valence-electron chi connectivity index (χ3n) is 5.93. The number of hydrogen-bond acceptors (Lipinski definition) is 4. The van der Waals surface area contributed by atoms with Crippen molar-refractivity contribution in [2.24, 2.45) is 0 Å². The first kappa shape index (κ1) is 19.6. The van der Waals surface area contributed by atoms with E-state index < -0.39 is 17.5 Å². The molecule has 4 N–H and O–H groups in total. The van der Waals surface area contributed by atoms with Gasteiger partial charge in [0.2, 0.25) is 0 Å². The molecular formula is C22H23ClN2O4. The Bertz CT molecular complexity index is 1010. The topological polar surface area (TPSA) is 98.7 Å². The van der Waals surface area contributed by atoms with Gasteiger partial charge >= 0.3 is 11.9 Å². The van der Waals surface area contributed by atoms with E-state index in [0.29, 0.717) is 23.6 Å². The minimum absolute atomic E-state index is 0.112. The fourth-order valence-electron chi connectivity index (χ4n) is 4.14. The van der Waals surface area contributed by atoms with Crippen molar-refractivity contribution in [2.45, 2.75) is 50.1 Å². The summed E-state index contributed by atoms with van der Waals surface area (Å²) in [5, 5.41) is 26.0. The average Bonchev–Trinajstić information content (AvgIpc) is 3.42. The SMILES string of the molecule is CC1(C)CC(c2cccc(NC3(C(=O)O)CC3)c2)Nc2c(C(=O)O)cc(Cl)cc21. The number of aliphatic carboxylic acids is 1. The zero-order chi connectivity index (χ0) is 21.0. The van der Waals surface area contributed by atoms with Crippen molar-refractivity contribution in [3.8, 4) is 0 Å². The summed E-state index contributed by atoms with van der Waals surface area (Å²) in [5.41, 5.74) is 2.20. The minimum Gasteiger partial charge on any atom is -0.480 e. The standard InChI is InChI=1S/C22H23ClN2O4/c1-21(2)11-17(24-18-15(19(26)27)9-13(23)10-16(18)21)12-4-3-5-14(8-12)25-22(6-7-22)20(28)29/h3-5,8-10,17,24-25H,6-7,11H2,1-2H3,(H,26,27)(H,28,29). The summed E-state index contributed by atoms with van der Waals surface area (Å²) in [6.07, 6.45) is 1.96. The largest absolute Gasteiger partial charge is 0.480 e. The molecule has 0 radical (unpaired) electrons. The van der Waals surface area contributed by atoms with E-state index in [4.69, 9.17) is 11.6 Å². The molecule has 0 amide bonds. The summed E-state index contributed by atoms with van der Waals surface area (Å²) in [4.78, 5) is 23.3. The first-order valence-corrected chi connectivity index (χ1v) is 9.94. The fourth-order valence-corrected chi connectivity index (χ4v) is 4.36. The molecule has 2 aliphatic rings. The lowest BCUT2D eigenvalue weighted by atomic mass is 9.73. The fraction of sp³-hybridized carbons (Fsp3) is 0.364. The molecule has 6 nitrogen and oxygen atoms in total. The van der Waals surface area contributed by atoms with Gasteiger partial charge in [0.05, 0.1) is 17.3 Å². The molecule has 0 aromatic heterocycles. The Balaban J connectivity index is 1.69. The predicted octanol–water partition coefficient (Wildman–Crippen LogP) is 4.90. The molecule has 1 heterocycles. The maximum Gasteiger partial charge on any atom is 0.337 e. The van der Waals surface area contributed by atoms with Crippen LogP contribution in [0.5, 0.6) is 0 Å². The number of carboxylic acid groups (broad SMARTS) is 2. The second-order valence-electron chi connectivity index (χ2n) is 8.60. The summed E-state index contributed by atoms with van der Waals surface area (Å²) >= 11 is 6.17. The van der Waals surface area contributed by atoms with Crippen molar-refractivity contribution in [3.05, 3.63) is 58.1 Å². The van der Waals surface area contributed by atoms with Crippen molar-refractivity contribution in [1.82, 2.24) is 0 Å². The summed E-state index contributed by atoms with van der Waals surface area (Å²) in [5.74, 6) is -1.86. The van der Waals surface area contributed by atoms with Crippen LogP contribution in [-0.4, -0.2) is 27.7 Å². The maximum absolute atomic E-state index is 11.8. The van der Waals surface area contributed by atoms with E-state index in [2.05, 4.69) is 24.5 Å². The van der Waals surface area contributed by atoms with E-state index in [1.807, 2.05) is 30.3 Å². The second kappa shape index (κ2) is 6.66. The van der Waals surface area contributed by atoms with Gasteiger partial charge in [-0.2, -0.15) is 0 Å². The van der Waals surface area contributed by atoms with Crippen molar-refractivity contribution < 1.29 is 19.8 Å². The monoisotopic (exact) mass is 414 g/mol. The molecule has 0 saturated heterocycles. The Morgan fingerprint density at radius 1 is 1.17 bits per heavy atom. The van der Waals surface area contributed by atoms with Gasteiger partial charge in [-0.1, -0.05) is 37.6 Å². The van der Waals surface area contributed by atoms with E-state index in [0.717, 1.165) is 23.2 Å². The van der Waals surface area contributed by atoms with Gasteiger partial charge < -0.3 is 20.8 Å². The van der Waals surface area contributed by atoms with Gasteiger partial charge in [-0.3, -0.25) is 0 Å². The van der Waals surface area contributed by atoms with Gasteiger partial charge in [0, 0.05) is 10.7 Å². The number of anilines is 2. The lowest BCUT2D eigenvalue weighted by molar-refractivity contribution is -0.138. The second-order valence-corrected chi connectivity index (χ2v) is 9.04. The average molecular weight is 415 g/mol. The Kier molecular flexibility index (Phi) is 4.50. The number of hydrogen-bond donors (Lipinski definition) is 4. The lowest BCUT2D eigenvalue weighted by Gasteiger charge is -2.39. The first-order valence-electron chi connectivity index (χ1n) is 9.57. The number of fused-ring (bicyclic) bond motifs is 1. The molecule has 7 heteroatoms. The van der Waals surface area contributed by atoms with Crippen LogP contribution in [-0.2, 0) is 10.2 Å². The highest BCUT2D eigenvalue weighted by Gasteiger charge is 2.50. The Morgan fingerprint density at radius 2 is 1.90 bits per heavy atom. The highest BCUT2D eigenvalue weighted by molar-refractivity contribution is 6.31. The molecule has 1 fully saturated rings. The van der Waals surface area contributed by atoms with Gasteiger partial charge in [0.25, 0.3) is 0 Å². The zero-order valence-corrected chi connectivity index (χ0v) is 17.0. The molecule has 1 aliphatic carbocycles. The van der Waals surface area contributed by atoms with E-state index in [-0.39, 0.29) is 17.0 Å². The van der Waals surface area contributed by atoms with Gasteiger partial charge in [-0.05, 0) is 60.1 Å². The van der Waals surface area contributed by atoms with Crippen LogP contribution in [0, 0.1) is 0 Å². The third kappa shape index (κ3) is 3.53. The van der Waals surface area contributed by atoms with Crippen molar-refractivity contribution >= 4 is 34.9 Å². The van der Waals surface area contributed by atoms with E-state index in [1.165, 1.54) is 6.07 Å². The first-order chi connectivity index (χ1) is 13.6. The normalized spacial score (nSPS) is 20.9. The molecule has 152 valence electrons. The molecule has 0 spiro atoms. The van der Waals surface area contributed by atoms with Crippen molar-refractivity contribution in [3.63, 3.8) is 0 Å². The van der Waals surface area contributed by atoms with Crippen LogP contribution >= 0.6 is 11.6 Å². The Hall–Kier alpha value is -2.73. The molecule has 1 unspecified atom stereocenters. The third-order valence-corrected chi connectivity index (χ3v) is 6.15. The van der Waals surface area contributed by atoms with Crippen LogP contribution in [0.2, 0.25) is 5.02 Å². The van der Waals surface area contributed by atoms with Crippen LogP contribution in [0.3, 0.4) is 0 Å². The highest BCUT2D eigenvalue weighted by Crippen LogP contribution is 2.47. The van der Waals surface area contributed by atoms with Gasteiger partial charge in [0.1, 0.15) is 5.54 Å². The van der Waals surface area contributed by atoms with Crippen LogP contribution in [0.1, 0.15) is 60.6 Å². The van der Waals surface area contributed by atoms with E-state index >= 15 is 0 Å². The molecule has 2 aromatic rings. The minimum atomic E-state index is -1.03. The molecule has 2 aromatic carbocycles. The number of aromatic carboxylic acids is 1. The van der Waals surface area contributed by atoms with Crippen molar-refractivity contribution in [1.29, 1.82) is 0 Å². The molecule has 4 rings (SSSR count). The number of benzene rings is 2. The summed E-state index contributed by atoms with van der Waals surface area (Å²) in [6, 6.07) is 10.8. The van der Waals surface area contributed by atoms with Crippen LogP contribution in [0.4, 0.5) is 11.4 Å². The van der Waals surface area contributed by atoms with Crippen LogP contribution in [0.25, 0.3) is 0 Å². The zero-order valence-electron chi connectivity index (χ0n) is 16.3. The van der Waals surface area contributed by atoms with Gasteiger partial charge in [-0.25, -0.2) is 9.59 Å². The molecule has 1 aliphatic heterocycles. The number of carbonyl (C=O) groups is 2. The van der Waals surface area contributed by atoms with Crippen LogP contribution in [0.15, 0.2) is 36.4 Å². The number of rotatable bonds is 5. The summed E-state index contributed by atoms with van der Waals surface area (Å²) < 4.78 is 0. The quantitative estimate of drug-likeness (QED) is 0.555. The van der Waals surface area contributed by atoms with Gasteiger partial charge in [-0.15, -0.1) is 0 Å². The lowest BCUT2D eigenvalue weighted by Crippen LogP contribution is -2.33. The van der Waals surface area contributed by atoms with E-state index in [9.17, 15) is 19.8 Å². The molecule has 29 heavy (non-hydrogen) atoms. The van der Waals surface area contributed by atoms with Crippen LogP contribution < -0.4 is 10.6 Å².